The van der Waals surface area contributed by atoms with E-state index in [9.17, 15) is 4.79 Å². The normalized spacial score (nSPS) is 10.5. The summed E-state index contributed by atoms with van der Waals surface area (Å²) in [4.78, 5) is 12.0. The standard InChI is InChI=1S/C13H18O2S2/c1-3-16-7-4-8-17-11-6-5-10(2)12(9-11)13(14)15/h5-6,9H,3-4,7-8H2,1-2H3,(H,14,15). The van der Waals surface area contributed by atoms with E-state index in [2.05, 4.69) is 6.92 Å². The molecule has 0 spiro atoms. The molecule has 0 radical (unpaired) electrons. The van der Waals surface area contributed by atoms with Crippen LogP contribution in [0.15, 0.2) is 23.1 Å². The largest absolute Gasteiger partial charge is 0.478 e. The Balaban J connectivity index is 2.49. The van der Waals surface area contributed by atoms with E-state index in [0.29, 0.717) is 5.56 Å². The highest BCUT2D eigenvalue weighted by molar-refractivity contribution is 8.00. The van der Waals surface area contributed by atoms with Gasteiger partial charge in [0.2, 0.25) is 0 Å². The van der Waals surface area contributed by atoms with Crippen molar-refractivity contribution in [2.75, 3.05) is 17.3 Å². The summed E-state index contributed by atoms with van der Waals surface area (Å²) < 4.78 is 0. The van der Waals surface area contributed by atoms with E-state index >= 15 is 0 Å². The number of aryl methyl sites for hydroxylation is 1. The minimum Gasteiger partial charge on any atom is -0.478 e. The number of hydrogen-bond donors (Lipinski definition) is 1. The molecule has 0 aromatic heterocycles. The van der Waals surface area contributed by atoms with Crippen molar-refractivity contribution in [3.05, 3.63) is 29.3 Å². The first kappa shape index (κ1) is 14.5. The molecule has 0 bridgehead atoms. The van der Waals surface area contributed by atoms with Gasteiger partial charge in [0.25, 0.3) is 0 Å². The topological polar surface area (TPSA) is 37.3 Å². The molecule has 0 unspecified atom stereocenters. The van der Waals surface area contributed by atoms with Gasteiger partial charge in [-0.05, 0) is 48.3 Å². The molecule has 0 aliphatic carbocycles. The number of carbonyl (C=O) groups is 1. The molecule has 0 amide bonds. The SMILES string of the molecule is CCSCCCSc1ccc(C)c(C(=O)O)c1. The Morgan fingerprint density at radius 1 is 1.35 bits per heavy atom. The summed E-state index contributed by atoms with van der Waals surface area (Å²) in [6, 6.07) is 5.65. The van der Waals surface area contributed by atoms with Gasteiger partial charge in [-0.3, -0.25) is 0 Å². The monoisotopic (exact) mass is 270 g/mol. The predicted octanol–water partition coefficient (Wildman–Crippen LogP) is 3.93. The lowest BCUT2D eigenvalue weighted by Crippen LogP contribution is -1.99. The smallest absolute Gasteiger partial charge is 0.335 e. The fraction of sp³-hybridized carbons (Fsp3) is 0.462. The highest BCUT2D eigenvalue weighted by Crippen LogP contribution is 2.22. The molecule has 1 aromatic carbocycles. The minimum atomic E-state index is -0.841. The number of carboxylic acids is 1. The van der Waals surface area contributed by atoms with Crippen LogP contribution in [-0.2, 0) is 0 Å². The summed E-state index contributed by atoms with van der Waals surface area (Å²) >= 11 is 3.68. The van der Waals surface area contributed by atoms with Gasteiger partial charge < -0.3 is 5.11 Å². The van der Waals surface area contributed by atoms with Crippen LogP contribution in [0.2, 0.25) is 0 Å². The lowest BCUT2D eigenvalue weighted by atomic mass is 10.1. The summed E-state index contributed by atoms with van der Waals surface area (Å²) in [5.41, 5.74) is 1.24. The molecule has 2 nitrogen and oxygen atoms in total. The predicted molar refractivity (Wildman–Crippen MR) is 76.5 cm³/mol. The van der Waals surface area contributed by atoms with Crippen molar-refractivity contribution in [2.45, 2.75) is 25.2 Å². The van der Waals surface area contributed by atoms with Gasteiger partial charge >= 0.3 is 5.97 Å². The van der Waals surface area contributed by atoms with Crippen molar-refractivity contribution < 1.29 is 9.90 Å². The molecule has 0 aliphatic rings. The lowest BCUT2D eigenvalue weighted by Gasteiger charge is -2.05. The summed E-state index contributed by atoms with van der Waals surface area (Å²) in [7, 11) is 0. The second-order valence-electron chi connectivity index (χ2n) is 3.68. The first-order chi connectivity index (χ1) is 8.15. The van der Waals surface area contributed by atoms with Crippen LogP contribution in [0.5, 0.6) is 0 Å². The van der Waals surface area contributed by atoms with Crippen LogP contribution in [0.4, 0.5) is 0 Å². The quantitative estimate of drug-likeness (QED) is 0.602. The van der Waals surface area contributed by atoms with E-state index < -0.39 is 5.97 Å². The van der Waals surface area contributed by atoms with Gasteiger partial charge in [-0.15, -0.1) is 11.8 Å². The summed E-state index contributed by atoms with van der Waals surface area (Å²) in [6.45, 7) is 3.99. The van der Waals surface area contributed by atoms with Crippen molar-refractivity contribution in [3.63, 3.8) is 0 Å². The molecule has 17 heavy (non-hydrogen) atoms. The molecule has 94 valence electrons. The Morgan fingerprint density at radius 3 is 2.76 bits per heavy atom. The summed E-state index contributed by atoms with van der Waals surface area (Å²) in [5.74, 6) is 2.56. The highest BCUT2D eigenvalue weighted by atomic mass is 32.2. The second kappa shape index (κ2) is 7.67. The van der Waals surface area contributed by atoms with Crippen molar-refractivity contribution in [1.29, 1.82) is 0 Å². The average Bonchev–Trinajstić information content (AvgIpc) is 2.30. The average molecular weight is 270 g/mol. The van der Waals surface area contributed by atoms with Crippen LogP contribution in [0.25, 0.3) is 0 Å². The van der Waals surface area contributed by atoms with Crippen molar-refractivity contribution in [3.8, 4) is 0 Å². The molecule has 1 N–H and O–H groups in total. The van der Waals surface area contributed by atoms with E-state index in [1.165, 1.54) is 17.9 Å². The van der Waals surface area contributed by atoms with Crippen LogP contribution < -0.4 is 0 Å². The van der Waals surface area contributed by atoms with Crippen LogP contribution in [0, 0.1) is 6.92 Å². The van der Waals surface area contributed by atoms with E-state index in [4.69, 9.17) is 5.11 Å². The third-order valence-electron chi connectivity index (χ3n) is 2.35. The van der Waals surface area contributed by atoms with Crippen LogP contribution in [-0.4, -0.2) is 28.3 Å². The van der Waals surface area contributed by atoms with Gasteiger partial charge in [-0.1, -0.05) is 13.0 Å². The van der Waals surface area contributed by atoms with Crippen molar-refractivity contribution in [2.24, 2.45) is 0 Å². The number of carboxylic acid groups (broad SMARTS) is 1. The third kappa shape index (κ3) is 5.04. The van der Waals surface area contributed by atoms with E-state index in [1.807, 2.05) is 30.8 Å². The number of hydrogen-bond acceptors (Lipinski definition) is 3. The Kier molecular flexibility index (Phi) is 6.52. The minimum absolute atomic E-state index is 0.415. The molecular formula is C13H18O2S2. The molecule has 1 rings (SSSR count). The van der Waals surface area contributed by atoms with Gasteiger partial charge in [0.05, 0.1) is 5.56 Å². The molecule has 0 aliphatic heterocycles. The Labute approximate surface area is 111 Å². The van der Waals surface area contributed by atoms with Crippen LogP contribution in [0.3, 0.4) is 0 Å². The number of thioether (sulfide) groups is 2. The maximum Gasteiger partial charge on any atom is 0.335 e. The molecule has 4 heteroatoms. The Morgan fingerprint density at radius 2 is 2.12 bits per heavy atom. The fourth-order valence-electron chi connectivity index (χ4n) is 1.42. The van der Waals surface area contributed by atoms with Gasteiger partial charge in [-0.25, -0.2) is 4.79 Å². The van der Waals surface area contributed by atoms with E-state index in [0.717, 1.165) is 16.2 Å². The van der Waals surface area contributed by atoms with Crippen molar-refractivity contribution >= 4 is 29.5 Å². The maximum absolute atomic E-state index is 11.0. The molecule has 0 saturated carbocycles. The van der Waals surface area contributed by atoms with Gasteiger partial charge in [-0.2, -0.15) is 11.8 Å². The van der Waals surface area contributed by atoms with Gasteiger partial charge in [0, 0.05) is 4.90 Å². The van der Waals surface area contributed by atoms with E-state index in [-0.39, 0.29) is 0 Å². The number of aromatic carboxylic acids is 1. The maximum atomic E-state index is 11.0. The molecule has 1 aromatic rings. The molecule has 0 atom stereocenters. The molecule has 0 saturated heterocycles. The number of benzene rings is 1. The highest BCUT2D eigenvalue weighted by Gasteiger charge is 2.07. The van der Waals surface area contributed by atoms with Crippen LogP contribution >= 0.6 is 23.5 Å². The Bertz CT molecular complexity index is 378. The van der Waals surface area contributed by atoms with Gasteiger partial charge in [0.15, 0.2) is 0 Å². The zero-order chi connectivity index (χ0) is 12.7. The third-order valence-corrected chi connectivity index (χ3v) is 4.41. The van der Waals surface area contributed by atoms with E-state index in [1.54, 1.807) is 17.8 Å². The zero-order valence-corrected chi connectivity index (χ0v) is 11.9. The molecular weight excluding hydrogens is 252 g/mol. The molecule has 0 fully saturated rings. The lowest BCUT2D eigenvalue weighted by molar-refractivity contribution is 0.0696. The summed E-state index contributed by atoms with van der Waals surface area (Å²) in [5, 5.41) is 9.02. The fourth-order valence-corrected chi connectivity index (χ4v) is 3.13. The zero-order valence-electron chi connectivity index (χ0n) is 10.2. The first-order valence-electron chi connectivity index (χ1n) is 5.69. The van der Waals surface area contributed by atoms with Gasteiger partial charge in [0.1, 0.15) is 0 Å². The Hall–Kier alpha value is -0.610. The van der Waals surface area contributed by atoms with Crippen molar-refractivity contribution in [1.82, 2.24) is 0 Å². The molecule has 0 heterocycles. The first-order valence-corrected chi connectivity index (χ1v) is 7.83. The second-order valence-corrected chi connectivity index (χ2v) is 6.24. The van der Waals surface area contributed by atoms with Crippen LogP contribution in [0.1, 0.15) is 29.3 Å². The number of rotatable bonds is 7. The summed E-state index contributed by atoms with van der Waals surface area (Å²) in [6.07, 6.45) is 1.17.